The number of morpholine rings is 1. The molecule has 2 atom stereocenters. The summed E-state index contributed by atoms with van der Waals surface area (Å²) in [7, 11) is 0. The van der Waals surface area contributed by atoms with Gasteiger partial charge in [-0.3, -0.25) is 9.69 Å². The molecule has 0 spiro atoms. The molecule has 29 heavy (non-hydrogen) atoms. The number of rotatable bonds is 4. The predicted octanol–water partition coefficient (Wildman–Crippen LogP) is 0.0604. The van der Waals surface area contributed by atoms with E-state index in [-0.39, 0.29) is 36.8 Å². The van der Waals surface area contributed by atoms with Crippen LogP contribution in [0.1, 0.15) is 32.6 Å². The number of carbonyl (C=O) groups is 2. The van der Waals surface area contributed by atoms with Gasteiger partial charge in [0, 0.05) is 52.0 Å². The molecule has 0 aromatic rings. The number of aliphatic hydroxyl groups is 1. The Bertz CT molecular complexity index is 603. The molecule has 4 fully saturated rings. The summed E-state index contributed by atoms with van der Waals surface area (Å²) in [4.78, 5) is 30.4. The van der Waals surface area contributed by atoms with E-state index in [9.17, 15) is 14.7 Å². The third kappa shape index (κ3) is 4.52. The first kappa shape index (κ1) is 20.8. The zero-order valence-electron chi connectivity index (χ0n) is 17.3. The van der Waals surface area contributed by atoms with Crippen molar-refractivity contribution in [3.8, 4) is 0 Å². The number of β-amino-alcohol motifs (C(OH)–C–C–N with tert-alkyl or cyclic N) is 1. The van der Waals surface area contributed by atoms with E-state index < -0.39 is 5.60 Å². The number of piperidine rings is 1. The average Bonchev–Trinajstić information content (AvgIpc) is 3.11. The summed E-state index contributed by atoms with van der Waals surface area (Å²) in [6, 6.07) is 0.270. The minimum atomic E-state index is -0.829. The maximum Gasteiger partial charge on any atom is 0.409 e. The zero-order valence-corrected chi connectivity index (χ0v) is 17.3. The van der Waals surface area contributed by atoms with Gasteiger partial charge in [0.2, 0.25) is 5.91 Å². The summed E-state index contributed by atoms with van der Waals surface area (Å²) >= 11 is 0. The molecule has 9 heteroatoms. The van der Waals surface area contributed by atoms with Crippen molar-refractivity contribution >= 4 is 12.0 Å². The van der Waals surface area contributed by atoms with Gasteiger partial charge in [0.1, 0.15) is 6.61 Å². The summed E-state index contributed by atoms with van der Waals surface area (Å²) in [6.07, 6.45) is 2.51. The summed E-state index contributed by atoms with van der Waals surface area (Å²) in [6.45, 7) is 6.68. The van der Waals surface area contributed by atoms with Crippen LogP contribution in [0.4, 0.5) is 4.79 Å². The van der Waals surface area contributed by atoms with Crippen LogP contribution in [-0.4, -0.2) is 115 Å². The highest BCUT2D eigenvalue weighted by Gasteiger charge is 2.47. The average molecular weight is 411 g/mol. The topological polar surface area (TPSA) is 91.8 Å². The monoisotopic (exact) mass is 411 g/mol. The predicted molar refractivity (Wildman–Crippen MR) is 103 cm³/mol. The van der Waals surface area contributed by atoms with Crippen LogP contribution in [0.2, 0.25) is 0 Å². The Balaban J connectivity index is 1.34. The van der Waals surface area contributed by atoms with Crippen LogP contribution in [0.25, 0.3) is 0 Å². The molecule has 4 aliphatic rings. The molecule has 4 aliphatic heterocycles. The van der Waals surface area contributed by atoms with Gasteiger partial charge in [-0.05, 0) is 32.6 Å². The normalized spacial score (nSPS) is 31.0. The van der Waals surface area contributed by atoms with Crippen LogP contribution in [0, 0.1) is 0 Å². The summed E-state index contributed by atoms with van der Waals surface area (Å²) < 4.78 is 16.4. The van der Waals surface area contributed by atoms with Gasteiger partial charge in [-0.15, -0.1) is 0 Å². The van der Waals surface area contributed by atoms with Gasteiger partial charge in [0.05, 0.1) is 24.4 Å². The molecule has 9 nitrogen and oxygen atoms in total. The fraction of sp³-hybridized carbons (Fsp3) is 0.900. The third-order valence-corrected chi connectivity index (χ3v) is 6.70. The molecular weight excluding hydrogens is 378 g/mol. The molecule has 4 saturated heterocycles. The lowest BCUT2D eigenvalue weighted by atomic mass is 9.91. The lowest BCUT2D eigenvalue weighted by Gasteiger charge is -2.43. The minimum Gasteiger partial charge on any atom is -0.450 e. The number of amides is 2. The smallest absolute Gasteiger partial charge is 0.409 e. The van der Waals surface area contributed by atoms with E-state index in [1.165, 1.54) is 0 Å². The Kier molecular flexibility index (Phi) is 6.29. The molecule has 4 heterocycles. The molecule has 0 unspecified atom stereocenters. The van der Waals surface area contributed by atoms with Crippen LogP contribution in [-0.2, 0) is 19.0 Å². The van der Waals surface area contributed by atoms with E-state index in [1.807, 2.05) is 4.90 Å². The first-order chi connectivity index (χ1) is 14.0. The van der Waals surface area contributed by atoms with Crippen molar-refractivity contribution in [1.82, 2.24) is 14.7 Å². The summed E-state index contributed by atoms with van der Waals surface area (Å²) in [5, 5.41) is 11.1. The quantitative estimate of drug-likeness (QED) is 0.699. The number of ether oxygens (including phenoxy) is 3. The van der Waals surface area contributed by atoms with Crippen molar-refractivity contribution in [2.24, 2.45) is 0 Å². The first-order valence-electron chi connectivity index (χ1n) is 10.9. The van der Waals surface area contributed by atoms with Gasteiger partial charge >= 0.3 is 6.09 Å². The fourth-order valence-electron chi connectivity index (χ4n) is 5.16. The highest BCUT2D eigenvalue weighted by atomic mass is 16.6. The lowest BCUT2D eigenvalue weighted by Crippen LogP contribution is -2.59. The largest absolute Gasteiger partial charge is 0.450 e. The van der Waals surface area contributed by atoms with E-state index in [1.54, 1.807) is 11.8 Å². The Morgan fingerprint density at radius 3 is 2.66 bits per heavy atom. The Hall–Kier alpha value is -1.42. The number of fused-ring (bicyclic) bond motifs is 1. The van der Waals surface area contributed by atoms with Gasteiger partial charge in [-0.1, -0.05) is 0 Å². The minimum absolute atomic E-state index is 0.00114. The fourth-order valence-corrected chi connectivity index (χ4v) is 5.16. The first-order valence-corrected chi connectivity index (χ1v) is 10.9. The molecule has 0 aromatic heterocycles. The molecule has 0 saturated carbocycles. The van der Waals surface area contributed by atoms with E-state index >= 15 is 0 Å². The van der Waals surface area contributed by atoms with Crippen molar-refractivity contribution in [2.45, 2.75) is 56.4 Å². The SMILES string of the molecule is CCOC(=O)N1CCC(O)(CN2C[C@@H]3OCC(=O)N(C4CCOCC4)[C@H]3C2)CC1. The van der Waals surface area contributed by atoms with Crippen LogP contribution in [0.3, 0.4) is 0 Å². The van der Waals surface area contributed by atoms with Crippen LogP contribution >= 0.6 is 0 Å². The van der Waals surface area contributed by atoms with Crippen molar-refractivity contribution < 1.29 is 28.9 Å². The summed E-state index contributed by atoms with van der Waals surface area (Å²) in [5.74, 6) is 0.0708. The Labute approximate surface area is 171 Å². The second-order valence-electron chi connectivity index (χ2n) is 8.67. The van der Waals surface area contributed by atoms with Gasteiger partial charge in [0.15, 0.2) is 0 Å². The van der Waals surface area contributed by atoms with Gasteiger partial charge < -0.3 is 29.1 Å². The van der Waals surface area contributed by atoms with Crippen LogP contribution < -0.4 is 0 Å². The van der Waals surface area contributed by atoms with E-state index in [4.69, 9.17) is 14.2 Å². The van der Waals surface area contributed by atoms with Crippen molar-refractivity contribution in [3.05, 3.63) is 0 Å². The standard InChI is InChI=1S/C20H33N3O6/c1-2-28-19(25)22-7-5-20(26,6-8-22)14-21-11-16-17(12-21)29-13-18(24)23(16)15-3-9-27-10-4-15/h15-17,26H,2-14H2,1H3/t16-,17-/m0/s1. The maximum atomic E-state index is 12.6. The zero-order chi connectivity index (χ0) is 20.4. The molecule has 4 rings (SSSR count). The van der Waals surface area contributed by atoms with E-state index in [0.717, 1.165) is 25.9 Å². The second-order valence-corrected chi connectivity index (χ2v) is 8.67. The number of carbonyl (C=O) groups excluding carboxylic acids is 2. The molecular formula is C20H33N3O6. The molecule has 164 valence electrons. The number of nitrogens with zero attached hydrogens (tertiary/aromatic N) is 3. The molecule has 0 bridgehead atoms. The Morgan fingerprint density at radius 1 is 1.24 bits per heavy atom. The molecule has 0 radical (unpaired) electrons. The molecule has 1 N–H and O–H groups in total. The number of hydrogen-bond acceptors (Lipinski definition) is 7. The number of hydrogen-bond donors (Lipinski definition) is 1. The van der Waals surface area contributed by atoms with Crippen molar-refractivity contribution in [3.63, 3.8) is 0 Å². The molecule has 0 aliphatic carbocycles. The van der Waals surface area contributed by atoms with Crippen molar-refractivity contribution in [2.75, 3.05) is 59.2 Å². The van der Waals surface area contributed by atoms with Gasteiger partial charge in [-0.25, -0.2) is 4.79 Å². The third-order valence-electron chi connectivity index (χ3n) is 6.70. The van der Waals surface area contributed by atoms with Gasteiger partial charge in [0.25, 0.3) is 0 Å². The molecule has 2 amide bonds. The van der Waals surface area contributed by atoms with E-state index in [0.29, 0.717) is 52.3 Å². The Morgan fingerprint density at radius 2 is 1.97 bits per heavy atom. The maximum absolute atomic E-state index is 12.6. The van der Waals surface area contributed by atoms with Crippen molar-refractivity contribution in [1.29, 1.82) is 0 Å². The van der Waals surface area contributed by atoms with Crippen LogP contribution in [0.15, 0.2) is 0 Å². The van der Waals surface area contributed by atoms with E-state index in [2.05, 4.69) is 4.90 Å². The van der Waals surface area contributed by atoms with Gasteiger partial charge in [-0.2, -0.15) is 0 Å². The highest BCUT2D eigenvalue weighted by Crippen LogP contribution is 2.31. The molecule has 0 aromatic carbocycles. The lowest BCUT2D eigenvalue weighted by molar-refractivity contribution is -0.159. The van der Waals surface area contributed by atoms with Crippen LogP contribution in [0.5, 0.6) is 0 Å². The summed E-state index contributed by atoms with van der Waals surface area (Å²) in [5.41, 5.74) is -0.829. The number of likely N-dealkylation sites (tertiary alicyclic amines) is 2. The second kappa shape index (κ2) is 8.75. The highest BCUT2D eigenvalue weighted by molar-refractivity contribution is 5.79.